The standard InChI is InChI=1S/C11H14FNO4/c1-17-3-2-13-10(11(15)16)7-4-8(12)6-9(14)5-7/h4-6,10,13-14H,2-3H2,1H3,(H,15,16). The molecule has 0 aliphatic rings. The average molecular weight is 243 g/mol. The molecule has 1 rings (SSSR count). The Morgan fingerprint density at radius 2 is 2.24 bits per heavy atom. The van der Waals surface area contributed by atoms with Crippen LogP contribution in [0.25, 0.3) is 0 Å². The predicted molar refractivity (Wildman–Crippen MR) is 58.3 cm³/mol. The van der Waals surface area contributed by atoms with Crippen molar-refractivity contribution in [2.45, 2.75) is 6.04 Å². The van der Waals surface area contributed by atoms with Crippen LogP contribution in [0.15, 0.2) is 18.2 Å². The summed E-state index contributed by atoms with van der Waals surface area (Å²) in [7, 11) is 1.49. The van der Waals surface area contributed by atoms with E-state index >= 15 is 0 Å². The quantitative estimate of drug-likeness (QED) is 0.647. The van der Waals surface area contributed by atoms with Gasteiger partial charge in [-0.3, -0.25) is 10.1 Å². The second-order valence-electron chi connectivity index (χ2n) is 3.46. The molecular weight excluding hydrogens is 229 g/mol. The molecule has 0 aliphatic carbocycles. The molecule has 3 N–H and O–H groups in total. The van der Waals surface area contributed by atoms with E-state index in [1.165, 1.54) is 13.2 Å². The first-order chi connectivity index (χ1) is 8.04. The van der Waals surface area contributed by atoms with E-state index in [9.17, 15) is 14.3 Å². The summed E-state index contributed by atoms with van der Waals surface area (Å²) in [5.41, 5.74) is 0.158. The van der Waals surface area contributed by atoms with Crippen LogP contribution in [-0.2, 0) is 9.53 Å². The minimum Gasteiger partial charge on any atom is -0.508 e. The Labute approximate surface area is 97.8 Å². The summed E-state index contributed by atoms with van der Waals surface area (Å²) in [6.07, 6.45) is 0. The summed E-state index contributed by atoms with van der Waals surface area (Å²) >= 11 is 0. The molecule has 1 aromatic rings. The Morgan fingerprint density at radius 3 is 2.76 bits per heavy atom. The summed E-state index contributed by atoms with van der Waals surface area (Å²) < 4.78 is 17.8. The molecule has 0 fully saturated rings. The molecule has 0 spiro atoms. The lowest BCUT2D eigenvalue weighted by Crippen LogP contribution is -2.31. The van der Waals surface area contributed by atoms with E-state index in [-0.39, 0.29) is 11.3 Å². The van der Waals surface area contributed by atoms with Gasteiger partial charge in [-0.25, -0.2) is 4.39 Å². The fourth-order valence-corrected chi connectivity index (χ4v) is 1.42. The summed E-state index contributed by atoms with van der Waals surface area (Å²) in [5.74, 6) is -2.13. The fraction of sp³-hybridized carbons (Fsp3) is 0.364. The lowest BCUT2D eigenvalue weighted by Gasteiger charge is -2.14. The topological polar surface area (TPSA) is 78.8 Å². The highest BCUT2D eigenvalue weighted by Gasteiger charge is 2.20. The van der Waals surface area contributed by atoms with Crippen LogP contribution in [0.2, 0.25) is 0 Å². The van der Waals surface area contributed by atoms with E-state index in [0.29, 0.717) is 13.2 Å². The Hall–Kier alpha value is -1.66. The van der Waals surface area contributed by atoms with Gasteiger partial charge in [0.2, 0.25) is 0 Å². The van der Waals surface area contributed by atoms with Crippen molar-refractivity contribution in [3.05, 3.63) is 29.6 Å². The van der Waals surface area contributed by atoms with Gasteiger partial charge in [0.15, 0.2) is 0 Å². The van der Waals surface area contributed by atoms with Crippen molar-refractivity contribution in [2.75, 3.05) is 20.3 Å². The molecular formula is C11H14FNO4. The van der Waals surface area contributed by atoms with Crippen molar-refractivity contribution in [3.8, 4) is 5.75 Å². The van der Waals surface area contributed by atoms with Gasteiger partial charge in [-0.05, 0) is 17.7 Å². The first-order valence-corrected chi connectivity index (χ1v) is 4.99. The molecule has 0 aliphatic heterocycles. The molecule has 0 radical (unpaired) electrons. The number of carbonyl (C=O) groups is 1. The van der Waals surface area contributed by atoms with Crippen molar-refractivity contribution < 1.29 is 24.1 Å². The maximum absolute atomic E-state index is 13.0. The van der Waals surface area contributed by atoms with Crippen molar-refractivity contribution >= 4 is 5.97 Å². The summed E-state index contributed by atoms with van der Waals surface area (Å²) in [5, 5.41) is 20.9. The number of aliphatic carboxylic acids is 1. The van der Waals surface area contributed by atoms with Gasteiger partial charge < -0.3 is 14.9 Å². The van der Waals surface area contributed by atoms with E-state index in [1.807, 2.05) is 0 Å². The molecule has 6 heteroatoms. The van der Waals surface area contributed by atoms with Crippen molar-refractivity contribution in [1.29, 1.82) is 0 Å². The zero-order valence-electron chi connectivity index (χ0n) is 9.31. The van der Waals surface area contributed by atoms with Crippen LogP contribution in [0.4, 0.5) is 4.39 Å². The van der Waals surface area contributed by atoms with Gasteiger partial charge in [-0.1, -0.05) is 0 Å². The molecule has 0 bridgehead atoms. The Morgan fingerprint density at radius 1 is 1.53 bits per heavy atom. The number of phenols is 1. The molecule has 0 amide bonds. The SMILES string of the molecule is COCCNC(C(=O)O)c1cc(O)cc(F)c1. The van der Waals surface area contributed by atoms with Gasteiger partial charge in [0.05, 0.1) is 6.61 Å². The molecule has 1 aromatic carbocycles. The number of benzene rings is 1. The number of rotatable bonds is 6. The van der Waals surface area contributed by atoms with E-state index < -0.39 is 17.8 Å². The monoisotopic (exact) mass is 243 g/mol. The number of carboxylic acids is 1. The third kappa shape index (κ3) is 4.01. The fourth-order valence-electron chi connectivity index (χ4n) is 1.42. The van der Waals surface area contributed by atoms with Gasteiger partial charge in [-0.15, -0.1) is 0 Å². The van der Waals surface area contributed by atoms with Gasteiger partial charge in [0.25, 0.3) is 0 Å². The van der Waals surface area contributed by atoms with E-state index in [0.717, 1.165) is 12.1 Å². The number of carboxylic acid groups (broad SMARTS) is 1. The number of halogens is 1. The smallest absolute Gasteiger partial charge is 0.325 e. The second-order valence-corrected chi connectivity index (χ2v) is 3.46. The average Bonchev–Trinajstić information content (AvgIpc) is 2.22. The first kappa shape index (κ1) is 13.4. The molecule has 0 saturated carbocycles. The minimum atomic E-state index is -1.15. The van der Waals surface area contributed by atoms with Crippen LogP contribution in [0, 0.1) is 5.82 Å². The molecule has 5 nitrogen and oxygen atoms in total. The predicted octanol–water partition coefficient (Wildman–Crippen LogP) is 0.893. The van der Waals surface area contributed by atoms with Crippen molar-refractivity contribution in [3.63, 3.8) is 0 Å². The van der Waals surface area contributed by atoms with Crippen molar-refractivity contribution in [2.24, 2.45) is 0 Å². The maximum Gasteiger partial charge on any atom is 0.325 e. The number of hydrogen-bond donors (Lipinski definition) is 3. The number of nitrogens with one attached hydrogen (secondary N) is 1. The van der Waals surface area contributed by atoms with Crippen LogP contribution in [-0.4, -0.2) is 36.4 Å². The van der Waals surface area contributed by atoms with Crippen LogP contribution >= 0.6 is 0 Å². The number of phenolic OH excluding ortho intramolecular Hbond substituents is 1. The molecule has 1 atom stereocenters. The molecule has 0 aromatic heterocycles. The maximum atomic E-state index is 13.0. The zero-order valence-corrected chi connectivity index (χ0v) is 9.31. The summed E-state index contributed by atoms with van der Waals surface area (Å²) in [6, 6.07) is 2.11. The van der Waals surface area contributed by atoms with Crippen LogP contribution in [0.3, 0.4) is 0 Å². The summed E-state index contributed by atoms with van der Waals surface area (Å²) in [6.45, 7) is 0.649. The number of aromatic hydroxyl groups is 1. The van der Waals surface area contributed by atoms with E-state index in [2.05, 4.69) is 5.32 Å². The van der Waals surface area contributed by atoms with Gasteiger partial charge in [0.1, 0.15) is 17.6 Å². The minimum absolute atomic E-state index is 0.158. The van der Waals surface area contributed by atoms with Crippen LogP contribution in [0.5, 0.6) is 5.75 Å². The van der Waals surface area contributed by atoms with E-state index in [1.54, 1.807) is 0 Å². The third-order valence-corrected chi connectivity index (χ3v) is 2.14. The third-order valence-electron chi connectivity index (χ3n) is 2.14. The number of methoxy groups -OCH3 is 1. The largest absolute Gasteiger partial charge is 0.508 e. The summed E-state index contributed by atoms with van der Waals surface area (Å²) in [4.78, 5) is 11.0. The Bertz CT molecular complexity index is 377. The van der Waals surface area contributed by atoms with Crippen LogP contribution in [0.1, 0.15) is 11.6 Å². The number of hydrogen-bond acceptors (Lipinski definition) is 4. The molecule has 1 unspecified atom stereocenters. The highest BCUT2D eigenvalue weighted by molar-refractivity contribution is 5.75. The highest BCUT2D eigenvalue weighted by atomic mass is 19.1. The Balaban J connectivity index is 2.85. The van der Waals surface area contributed by atoms with Crippen molar-refractivity contribution in [1.82, 2.24) is 5.32 Å². The van der Waals surface area contributed by atoms with Gasteiger partial charge in [0, 0.05) is 19.7 Å². The molecule has 94 valence electrons. The lowest BCUT2D eigenvalue weighted by molar-refractivity contribution is -0.139. The molecule has 17 heavy (non-hydrogen) atoms. The second kappa shape index (κ2) is 6.17. The van der Waals surface area contributed by atoms with Gasteiger partial charge >= 0.3 is 5.97 Å². The van der Waals surface area contributed by atoms with Crippen LogP contribution < -0.4 is 5.32 Å². The molecule has 0 heterocycles. The lowest BCUT2D eigenvalue weighted by atomic mass is 10.1. The molecule has 0 saturated heterocycles. The Kier molecular flexibility index (Phi) is 4.86. The zero-order chi connectivity index (χ0) is 12.8. The highest BCUT2D eigenvalue weighted by Crippen LogP contribution is 2.20. The van der Waals surface area contributed by atoms with Gasteiger partial charge in [-0.2, -0.15) is 0 Å². The first-order valence-electron chi connectivity index (χ1n) is 4.99. The van der Waals surface area contributed by atoms with E-state index in [4.69, 9.17) is 9.84 Å². The normalized spacial score (nSPS) is 12.4. The number of ether oxygens (including phenoxy) is 1.